The Morgan fingerprint density at radius 2 is 2.25 bits per heavy atom. The molecule has 20 heavy (non-hydrogen) atoms. The van der Waals surface area contributed by atoms with Crippen LogP contribution in [0.5, 0.6) is 5.75 Å². The highest BCUT2D eigenvalue weighted by atomic mass is 16.5. The van der Waals surface area contributed by atoms with Crippen molar-refractivity contribution >= 4 is 6.03 Å². The summed E-state index contributed by atoms with van der Waals surface area (Å²) in [7, 11) is 0. The molecule has 5 heteroatoms. The van der Waals surface area contributed by atoms with E-state index in [4.69, 9.17) is 10.00 Å². The van der Waals surface area contributed by atoms with Gasteiger partial charge in [-0.25, -0.2) is 4.79 Å². The molecule has 0 spiro atoms. The minimum Gasteiger partial charge on any atom is -0.492 e. The molecule has 1 fully saturated rings. The van der Waals surface area contributed by atoms with Crippen LogP contribution in [-0.2, 0) is 0 Å². The number of benzene rings is 1. The van der Waals surface area contributed by atoms with E-state index in [0.717, 1.165) is 19.5 Å². The SMILES string of the molecule is C[C@H]1CCN(C(=O)NCCOc2ccc(C#N)cc2)C1. The molecule has 1 aromatic carbocycles. The van der Waals surface area contributed by atoms with Crippen LogP contribution >= 0.6 is 0 Å². The Morgan fingerprint density at radius 1 is 1.50 bits per heavy atom. The molecule has 2 amide bonds. The van der Waals surface area contributed by atoms with Gasteiger partial charge in [0.15, 0.2) is 0 Å². The van der Waals surface area contributed by atoms with Gasteiger partial charge < -0.3 is 15.0 Å². The maximum absolute atomic E-state index is 11.8. The lowest BCUT2D eigenvalue weighted by Gasteiger charge is -2.16. The highest BCUT2D eigenvalue weighted by Crippen LogP contribution is 2.14. The van der Waals surface area contributed by atoms with Gasteiger partial charge in [-0.15, -0.1) is 0 Å². The third-order valence-corrected chi connectivity index (χ3v) is 3.34. The standard InChI is InChI=1S/C15H19N3O2/c1-12-6-8-18(11-12)15(19)17-7-9-20-14-4-2-13(10-16)3-5-14/h2-5,12H,6-9,11H2,1H3,(H,17,19)/t12-/m0/s1. The van der Waals surface area contributed by atoms with Crippen molar-refractivity contribution < 1.29 is 9.53 Å². The van der Waals surface area contributed by atoms with Crippen molar-refractivity contribution in [3.63, 3.8) is 0 Å². The molecule has 1 saturated heterocycles. The number of nitriles is 1. The van der Waals surface area contributed by atoms with Crippen molar-refractivity contribution in [2.45, 2.75) is 13.3 Å². The van der Waals surface area contributed by atoms with Gasteiger partial charge in [0.1, 0.15) is 12.4 Å². The first-order valence-electron chi connectivity index (χ1n) is 6.85. The molecule has 1 aliphatic heterocycles. The van der Waals surface area contributed by atoms with Crippen molar-refractivity contribution in [2.75, 3.05) is 26.2 Å². The molecular formula is C15H19N3O2. The number of likely N-dealkylation sites (tertiary alicyclic amines) is 1. The van der Waals surface area contributed by atoms with E-state index in [-0.39, 0.29) is 6.03 Å². The van der Waals surface area contributed by atoms with E-state index in [9.17, 15) is 4.79 Å². The lowest BCUT2D eigenvalue weighted by atomic mass is 10.2. The Morgan fingerprint density at radius 3 is 2.85 bits per heavy atom. The molecule has 1 aromatic rings. The van der Waals surface area contributed by atoms with Crippen LogP contribution in [-0.4, -0.2) is 37.2 Å². The predicted octanol–water partition coefficient (Wildman–Crippen LogP) is 1.99. The third-order valence-electron chi connectivity index (χ3n) is 3.34. The average molecular weight is 273 g/mol. The van der Waals surface area contributed by atoms with Gasteiger partial charge in [0.2, 0.25) is 0 Å². The van der Waals surface area contributed by atoms with E-state index >= 15 is 0 Å². The summed E-state index contributed by atoms with van der Waals surface area (Å²) < 4.78 is 5.50. The minimum absolute atomic E-state index is 0.0159. The molecule has 1 N–H and O–H groups in total. The number of urea groups is 1. The summed E-state index contributed by atoms with van der Waals surface area (Å²) in [6.07, 6.45) is 1.08. The van der Waals surface area contributed by atoms with E-state index < -0.39 is 0 Å². The Balaban J connectivity index is 1.66. The van der Waals surface area contributed by atoms with Crippen LogP contribution in [0.2, 0.25) is 0 Å². The summed E-state index contributed by atoms with van der Waals surface area (Å²) in [5.74, 6) is 1.30. The van der Waals surface area contributed by atoms with Crippen molar-refractivity contribution in [3.05, 3.63) is 29.8 Å². The fourth-order valence-electron chi connectivity index (χ4n) is 2.18. The normalized spacial score (nSPS) is 17.6. The molecule has 0 aliphatic carbocycles. The summed E-state index contributed by atoms with van der Waals surface area (Å²) in [5.41, 5.74) is 0.605. The van der Waals surface area contributed by atoms with Gasteiger partial charge in [0.25, 0.3) is 0 Å². The summed E-state index contributed by atoms with van der Waals surface area (Å²) >= 11 is 0. The van der Waals surface area contributed by atoms with Gasteiger partial charge in [-0.3, -0.25) is 0 Å². The van der Waals surface area contributed by atoms with Gasteiger partial charge in [0.05, 0.1) is 18.2 Å². The number of amides is 2. The number of carbonyl (C=O) groups excluding carboxylic acids is 1. The van der Waals surface area contributed by atoms with E-state index in [1.54, 1.807) is 24.3 Å². The molecule has 0 radical (unpaired) electrons. The zero-order valence-corrected chi connectivity index (χ0v) is 11.6. The fourth-order valence-corrected chi connectivity index (χ4v) is 2.18. The van der Waals surface area contributed by atoms with Gasteiger partial charge in [0, 0.05) is 13.1 Å². The van der Waals surface area contributed by atoms with Crippen LogP contribution in [0, 0.1) is 17.2 Å². The zero-order chi connectivity index (χ0) is 14.4. The molecule has 0 saturated carbocycles. The lowest BCUT2D eigenvalue weighted by Crippen LogP contribution is -2.40. The van der Waals surface area contributed by atoms with Crippen molar-refractivity contribution in [3.8, 4) is 11.8 Å². The molecule has 1 heterocycles. The quantitative estimate of drug-likeness (QED) is 0.853. The molecule has 0 unspecified atom stereocenters. The molecule has 0 aromatic heterocycles. The molecular weight excluding hydrogens is 254 g/mol. The summed E-state index contributed by atoms with van der Waals surface area (Å²) in [4.78, 5) is 13.6. The number of ether oxygens (including phenoxy) is 1. The number of hydrogen-bond acceptors (Lipinski definition) is 3. The Labute approximate surface area is 119 Å². The second kappa shape index (κ2) is 6.80. The second-order valence-corrected chi connectivity index (χ2v) is 5.06. The molecule has 1 aliphatic rings. The largest absolute Gasteiger partial charge is 0.492 e. The number of hydrogen-bond donors (Lipinski definition) is 1. The van der Waals surface area contributed by atoms with Crippen molar-refractivity contribution in [1.29, 1.82) is 5.26 Å². The predicted molar refractivity (Wildman–Crippen MR) is 75.4 cm³/mol. The molecule has 2 rings (SSSR count). The van der Waals surface area contributed by atoms with Gasteiger partial charge in [-0.1, -0.05) is 6.92 Å². The van der Waals surface area contributed by atoms with E-state index in [1.165, 1.54) is 0 Å². The average Bonchev–Trinajstić information content (AvgIpc) is 2.91. The molecule has 106 valence electrons. The maximum Gasteiger partial charge on any atom is 0.317 e. The van der Waals surface area contributed by atoms with Gasteiger partial charge in [-0.2, -0.15) is 5.26 Å². The first-order chi connectivity index (χ1) is 9.69. The maximum atomic E-state index is 11.8. The van der Waals surface area contributed by atoms with Crippen LogP contribution in [0.3, 0.4) is 0 Å². The zero-order valence-electron chi connectivity index (χ0n) is 11.6. The first kappa shape index (κ1) is 14.2. The number of carbonyl (C=O) groups is 1. The highest BCUT2D eigenvalue weighted by molar-refractivity contribution is 5.74. The van der Waals surface area contributed by atoms with E-state index in [0.29, 0.717) is 30.4 Å². The lowest BCUT2D eigenvalue weighted by molar-refractivity contribution is 0.204. The third kappa shape index (κ3) is 3.89. The fraction of sp³-hybridized carbons (Fsp3) is 0.467. The number of rotatable bonds is 4. The van der Waals surface area contributed by atoms with Crippen molar-refractivity contribution in [2.24, 2.45) is 5.92 Å². The first-order valence-corrected chi connectivity index (χ1v) is 6.85. The Kier molecular flexibility index (Phi) is 4.83. The second-order valence-electron chi connectivity index (χ2n) is 5.06. The Hall–Kier alpha value is -2.22. The van der Waals surface area contributed by atoms with Crippen LogP contribution < -0.4 is 10.1 Å². The van der Waals surface area contributed by atoms with Crippen LogP contribution in [0.25, 0.3) is 0 Å². The monoisotopic (exact) mass is 273 g/mol. The molecule has 1 atom stereocenters. The number of nitrogens with zero attached hydrogens (tertiary/aromatic N) is 2. The Bertz CT molecular complexity index is 493. The molecule has 5 nitrogen and oxygen atoms in total. The van der Waals surface area contributed by atoms with Crippen LogP contribution in [0.4, 0.5) is 4.79 Å². The topological polar surface area (TPSA) is 65.4 Å². The molecule has 0 bridgehead atoms. The van der Waals surface area contributed by atoms with Crippen LogP contribution in [0.1, 0.15) is 18.9 Å². The summed E-state index contributed by atoms with van der Waals surface area (Å²) in [5, 5.41) is 11.5. The van der Waals surface area contributed by atoms with Gasteiger partial charge in [-0.05, 0) is 36.6 Å². The van der Waals surface area contributed by atoms with E-state index in [1.807, 2.05) is 4.90 Å². The van der Waals surface area contributed by atoms with Crippen molar-refractivity contribution in [1.82, 2.24) is 10.2 Å². The minimum atomic E-state index is -0.0159. The van der Waals surface area contributed by atoms with Gasteiger partial charge >= 0.3 is 6.03 Å². The summed E-state index contributed by atoms with van der Waals surface area (Å²) in [6.45, 7) is 4.72. The van der Waals surface area contributed by atoms with Crippen LogP contribution in [0.15, 0.2) is 24.3 Å². The summed E-state index contributed by atoms with van der Waals surface area (Å²) in [6, 6.07) is 8.96. The smallest absolute Gasteiger partial charge is 0.317 e. The number of nitrogens with one attached hydrogen (secondary N) is 1. The van der Waals surface area contributed by atoms with E-state index in [2.05, 4.69) is 18.3 Å². The highest BCUT2D eigenvalue weighted by Gasteiger charge is 2.22.